The summed E-state index contributed by atoms with van der Waals surface area (Å²) < 4.78 is 12.8. The molecule has 1 N–H and O–H groups in total. The molecule has 0 spiro atoms. The molecule has 212 valence electrons. The average molecular weight is 628 g/mol. The van der Waals surface area contributed by atoms with Gasteiger partial charge in [0.05, 0.1) is 12.8 Å². The van der Waals surface area contributed by atoms with Gasteiger partial charge < -0.3 is 14.6 Å². The number of carbonyl (C=O) groups is 3. The molecule has 2 aromatic heterocycles. The molecule has 11 heteroatoms. The number of esters is 1. The Labute approximate surface area is 249 Å². The summed E-state index contributed by atoms with van der Waals surface area (Å²) in [6.45, 7) is 1.31. The third-order valence-corrected chi connectivity index (χ3v) is 6.91. The van der Waals surface area contributed by atoms with E-state index >= 15 is 0 Å². The molecule has 2 heterocycles. The highest BCUT2D eigenvalue weighted by Gasteiger charge is 2.29. The van der Waals surface area contributed by atoms with Crippen molar-refractivity contribution in [2.75, 3.05) is 12.4 Å². The first-order chi connectivity index (χ1) is 20.3. The van der Waals surface area contributed by atoms with Gasteiger partial charge in [-0.05, 0) is 53.9 Å². The second-order valence-electron chi connectivity index (χ2n) is 9.46. The molecular formula is C31H26BrN5O5. The second-order valence-corrected chi connectivity index (χ2v) is 10.4. The first kappa shape index (κ1) is 28.6. The number of hydrogen-bond donors (Lipinski definition) is 1. The number of benzene rings is 3. The molecule has 10 nitrogen and oxygen atoms in total. The van der Waals surface area contributed by atoms with E-state index in [0.717, 1.165) is 15.6 Å². The monoisotopic (exact) mass is 627 g/mol. The van der Waals surface area contributed by atoms with Crippen LogP contribution in [0.25, 0.3) is 28.7 Å². The summed E-state index contributed by atoms with van der Waals surface area (Å²) in [5.41, 5.74) is 3.15. The first-order valence-electron chi connectivity index (χ1n) is 13.1. The predicted molar refractivity (Wildman–Crippen MR) is 159 cm³/mol. The Kier molecular flexibility index (Phi) is 8.68. The third kappa shape index (κ3) is 6.52. The number of ether oxygens (including phenoxy) is 1. The molecule has 0 aliphatic rings. The van der Waals surface area contributed by atoms with Crippen molar-refractivity contribution >= 4 is 39.3 Å². The second kappa shape index (κ2) is 12.7. The van der Waals surface area contributed by atoms with Gasteiger partial charge in [0.15, 0.2) is 11.4 Å². The smallest absolute Gasteiger partial charge is 0.359 e. The SMILES string of the molecule is COC(=O)c1c(NC(C)=O)c(-c2noc(-c3ccc(Br)cc3)n2)nn1-c1cccc(CC(=O)CCc2ccccc2)c1. The molecule has 42 heavy (non-hydrogen) atoms. The fourth-order valence-corrected chi connectivity index (χ4v) is 4.68. The maximum absolute atomic E-state index is 13.0. The van der Waals surface area contributed by atoms with Crippen molar-refractivity contribution in [2.45, 2.75) is 26.2 Å². The summed E-state index contributed by atoms with van der Waals surface area (Å²) >= 11 is 3.40. The van der Waals surface area contributed by atoms with E-state index in [0.29, 0.717) is 24.1 Å². The molecule has 0 saturated heterocycles. The Balaban J connectivity index is 1.50. The number of anilines is 1. The van der Waals surface area contributed by atoms with Crippen LogP contribution in [0.3, 0.4) is 0 Å². The van der Waals surface area contributed by atoms with Crippen molar-refractivity contribution in [1.29, 1.82) is 0 Å². The fraction of sp³-hybridized carbons (Fsp3) is 0.161. The van der Waals surface area contributed by atoms with Crippen molar-refractivity contribution < 1.29 is 23.6 Å². The number of methoxy groups -OCH3 is 1. The Hall–Kier alpha value is -4.90. The number of ketones is 1. The average Bonchev–Trinajstić information content (AvgIpc) is 3.62. The molecule has 0 aliphatic heterocycles. The first-order valence-corrected chi connectivity index (χ1v) is 13.9. The van der Waals surface area contributed by atoms with Crippen LogP contribution in [0.5, 0.6) is 0 Å². The van der Waals surface area contributed by atoms with Crippen LogP contribution in [0.2, 0.25) is 0 Å². The van der Waals surface area contributed by atoms with Gasteiger partial charge in [0, 0.05) is 29.8 Å². The Morgan fingerprint density at radius 3 is 2.43 bits per heavy atom. The van der Waals surface area contributed by atoms with E-state index in [-0.39, 0.29) is 41.0 Å². The maximum atomic E-state index is 13.0. The number of halogens is 1. The zero-order chi connectivity index (χ0) is 29.6. The van der Waals surface area contributed by atoms with Crippen LogP contribution < -0.4 is 5.32 Å². The van der Waals surface area contributed by atoms with E-state index in [2.05, 4.69) is 36.5 Å². The highest BCUT2D eigenvalue weighted by molar-refractivity contribution is 9.10. The molecule has 0 radical (unpaired) electrons. The number of Topliss-reactive ketones (excluding diaryl/α,β-unsaturated/α-hetero) is 1. The quantitative estimate of drug-likeness (QED) is 0.191. The summed E-state index contributed by atoms with van der Waals surface area (Å²) in [5, 5.41) is 11.4. The van der Waals surface area contributed by atoms with Crippen LogP contribution in [-0.2, 0) is 27.2 Å². The molecule has 0 atom stereocenters. The highest BCUT2D eigenvalue weighted by atomic mass is 79.9. The van der Waals surface area contributed by atoms with Crippen molar-refractivity contribution in [3.8, 4) is 28.7 Å². The highest BCUT2D eigenvalue weighted by Crippen LogP contribution is 2.33. The number of nitrogens with zero attached hydrogens (tertiary/aromatic N) is 4. The summed E-state index contributed by atoms with van der Waals surface area (Å²) in [6, 6.07) is 24.2. The summed E-state index contributed by atoms with van der Waals surface area (Å²) in [6.07, 6.45) is 1.27. The van der Waals surface area contributed by atoms with Crippen LogP contribution in [0.15, 0.2) is 87.9 Å². The fourth-order valence-electron chi connectivity index (χ4n) is 4.41. The Bertz CT molecular complexity index is 1750. The Morgan fingerprint density at radius 2 is 1.71 bits per heavy atom. The lowest BCUT2D eigenvalue weighted by atomic mass is 10.0. The topological polar surface area (TPSA) is 129 Å². The van der Waals surface area contributed by atoms with E-state index in [4.69, 9.17) is 9.26 Å². The molecule has 3 aromatic carbocycles. The zero-order valence-electron chi connectivity index (χ0n) is 22.8. The van der Waals surface area contributed by atoms with E-state index in [1.165, 1.54) is 18.7 Å². The molecular weight excluding hydrogens is 602 g/mol. The maximum Gasteiger partial charge on any atom is 0.359 e. The Morgan fingerprint density at radius 1 is 0.976 bits per heavy atom. The summed E-state index contributed by atoms with van der Waals surface area (Å²) in [5.74, 6) is -0.797. The number of aryl methyl sites for hydroxylation is 1. The molecule has 0 bridgehead atoms. The van der Waals surface area contributed by atoms with Gasteiger partial charge in [-0.3, -0.25) is 9.59 Å². The normalized spacial score (nSPS) is 10.8. The number of nitrogens with one attached hydrogen (secondary N) is 1. The minimum atomic E-state index is -0.738. The third-order valence-electron chi connectivity index (χ3n) is 6.39. The zero-order valence-corrected chi connectivity index (χ0v) is 24.4. The molecule has 0 aliphatic carbocycles. The number of hydrogen-bond acceptors (Lipinski definition) is 8. The van der Waals surface area contributed by atoms with Crippen LogP contribution in [0, 0.1) is 0 Å². The van der Waals surface area contributed by atoms with Crippen LogP contribution in [0.4, 0.5) is 5.69 Å². The van der Waals surface area contributed by atoms with Gasteiger partial charge in [-0.25, -0.2) is 9.48 Å². The number of rotatable bonds is 10. The summed E-state index contributed by atoms with van der Waals surface area (Å²) in [4.78, 5) is 42.5. The standard InChI is InChI=1S/C31H26BrN5O5/c1-19(38)33-26-27(29-34-30(42-36-29)22-12-14-23(32)15-13-22)35-37(28(26)31(40)41-2)24-10-6-9-21(17-24)18-25(39)16-11-20-7-4-3-5-8-20/h3-10,12-15,17H,11,16,18H2,1-2H3,(H,33,38). The molecule has 0 unspecified atom stereocenters. The van der Waals surface area contributed by atoms with Crippen LogP contribution in [-0.4, -0.2) is 44.7 Å². The van der Waals surface area contributed by atoms with Gasteiger partial charge in [0.1, 0.15) is 11.5 Å². The van der Waals surface area contributed by atoms with E-state index in [1.807, 2.05) is 48.5 Å². The van der Waals surface area contributed by atoms with E-state index in [9.17, 15) is 14.4 Å². The van der Waals surface area contributed by atoms with Gasteiger partial charge in [-0.15, -0.1) is 0 Å². The number of carbonyl (C=O) groups excluding carboxylic acids is 3. The molecule has 5 rings (SSSR count). The lowest BCUT2D eigenvalue weighted by molar-refractivity contribution is -0.118. The van der Waals surface area contributed by atoms with Gasteiger partial charge >= 0.3 is 5.97 Å². The van der Waals surface area contributed by atoms with E-state index < -0.39 is 11.9 Å². The summed E-state index contributed by atoms with van der Waals surface area (Å²) in [7, 11) is 1.23. The molecule has 0 fully saturated rings. The minimum absolute atomic E-state index is 0.0368. The van der Waals surface area contributed by atoms with Gasteiger partial charge in [0.25, 0.3) is 5.89 Å². The van der Waals surface area contributed by atoms with Crippen molar-refractivity contribution in [1.82, 2.24) is 19.9 Å². The van der Waals surface area contributed by atoms with Crippen molar-refractivity contribution in [3.63, 3.8) is 0 Å². The number of aromatic nitrogens is 4. The lowest BCUT2D eigenvalue weighted by Gasteiger charge is -2.10. The van der Waals surface area contributed by atoms with E-state index in [1.54, 1.807) is 30.3 Å². The number of amides is 1. The predicted octanol–water partition coefficient (Wildman–Crippen LogP) is 5.84. The van der Waals surface area contributed by atoms with Crippen molar-refractivity contribution in [2.24, 2.45) is 0 Å². The minimum Gasteiger partial charge on any atom is -0.464 e. The van der Waals surface area contributed by atoms with Gasteiger partial charge in [0.2, 0.25) is 11.7 Å². The van der Waals surface area contributed by atoms with Crippen LogP contribution in [0.1, 0.15) is 35.0 Å². The van der Waals surface area contributed by atoms with Gasteiger partial charge in [-0.1, -0.05) is 63.6 Å². The van der Waals surface area contributed by atoms with Gasteiger partial charge in [-0.2, -0.15) is 10.1 Å². The molecule has 5 aromatic rings. The molecule has 0 saturated carbocycles. The lowest BCUT2D eigenvalue weighted by Crippen LogP contribution is -2.15. The van der Waals surface area contributed by atoms with Crippen LogP contribution >= 0.6 is 15.9 Å². The largest absolute Gasteiger partial charge is 0.464 e. The molecule has 1 amide bonds. The van der Waals surface area contributed by atoms with Crippen molar-refractivity contribution in [3.05, 3.63) is 100 Å².